The van der Waals surface area contributed by atoms with E-state index in [0.29, 0.717) is 0 Å². The minimum Gasteiger partial charge on any atom is -0.355 e. The quantitative estimate of drug-likeness (QED) is 0.935. The largest absolute Gasteiger partial charge is 0.355 e. The third kappa shape index (κ3) is 3.76. The third-order valence-electron chi connectivity index (χ3n) is 4.34. The molecule has 1 aliphatic heterocycles. The van der Waals surface area contributed by atoms with Crippen LogP contribution >= 0.6 is 0 Å². The van der Waals surface area contributed by atoms with E-state index >= 15 is 0 Å². The van der Waals surface area contributed by atoms with E-state index < -0.39 is 0 Å². The molecule has 3 rings (SSSR count). The number of rotatable bonds is 3. The smallest absolute Gasteiger partial charge is 0.251 e. The first-order valence-electron chi connectivity index (χ1n) is 8.11. The zero-order valence-corrected chi connectivity index (χ0v) is 13.7. The van der Waals surface area contributed by atoms with Crippen LogP contribution < -0.4 is 10.5 Å². The van der Waals surface area contributed by atoms with Gasteiger partial charge in [-0.2, -0.15) is 0 Å². The fourth-order valence-corrected chi connectivity index (χ4v) is 3.07. The van der Waals surface area contributed by atoms with Crippen LogP contribution in [-0.2, 0) is 0 Å². The Balaban J connectivity index is 1.71. The van der Waals surface area contributed by atoms with Crippen molar-refractivity contribution in [2.24, 2.45) is 0 Å². The number of nitrogens with one attached hydrogen (secondary N) is 1. The molecule has 122 valence electrons. The molecule has 0 unspecified atom stereocenters. The lowest BCUT2D eigenvalue weighted by molar-refractivity contribution is 0.217. The lowest BCUT2D eigenvalue weighted by Gasteiger charge is -2.27. The van der Waals surface area contributed by atoms with Gasteiger partial charge in [0.25, 0.3) is 5.56 Å². The number of hydrogen-bond acceptors (Lipinski definition) is 5. The van der Waals surface area contributed by atoms with Gasteiger partial charge in [0.2, 0.25) is 0 Å². The Morgan fingerprint density at radius 2 is 2.09 bits per heavy atom. The highest BCUT2D eigenvalue weighted by Crippen LogP contribution is 2.20. The zero-order chi connectivity index (χ0) is 16.2. The summed E-state index contributed by atoms with van der Waals surface area (Å²) in [7, 11) is 0. The van der Waals surface area contributed by atoms with Crippen LogP contribution in [0.4, 0.5) is 5.82 Å². The highest BCUT2D eigenvalue weighted by atomic mass is 16.1. The van der Waals surface area contributed by atoms with Gasteiger partial charge in [0, 0.05) is 44.1 Å². The number of aryl methyl sites for hydroxylation is 1. The van der Waals surface area contributed by atoms with Crippen molar-refractivity contribution in [2.75, 3.05) is 31.1 Å². The minimum absolute atomic E-state index is 0.0794. The summed E-state index contributed by atoms with van der Waals surface area (Å²) in [4.78, 5) is 28.2. The van der Waals surface area contributed by atoms with Gasteiger partial charge in [-0.15, -0.1) is 0 Å². The molecular formula is C17H23N5O. The van der Waals surface area contributed by atoms with Crippen molar-refractivity contribution in [1.29, 1.82) is 0 Å². The zero-order valence-electron chi connectivity index (χ0n) is 13.7. The van der Waals surface area contributed by atoms with Crippen molar-refractivity contribution in [1.82, 2.24) is 19.9 Å². The Bertz CT molecular complexity index is 700. The van der Waals surface area contributed by atoms with Gasteiger partial charge in [-0.1, -0.05) is 6.07 Å². The molecule has 1 fully saturated rings. The number of pyridine rings is 1. The van der Waals surface area contributed by atoms with E-state index in [1.54, 1.807) is 0 Å². The highest BCUT2D eigenvalue weighted by molar-refractivity contribution is 5.37. The van der Waals surface area contributed by atoms with E-state index in [4.69, 9.17) is 0 Å². The average molecular weight is 313 g/mol. The number of aromatic amines is 1. The first-order chi connectivity index (χ1) is 11.1. The van der Waals surface area contributed by atoms with Crippen LogP contribution in [0.3, 0.4) is 0 Å². The Hall–Kier alpha value is -2.21. The molecule has 1 atom stereocenters. The summed E-state index contributed by atoms with van der Waals surface area (Å²) in [6.45, 7) is 7.80. The summed E-state index contributed by atoms with van der Waals surface area (Å²) in [6.07, 6.45) is 2.90. The van der Waals surface area contributed by atoms with Gasteiger partial charge in [0.05, 0.1) is 6.04 Å². The maximum Gasteiger partial charge on any atom is 0.251 e. The summed E-state index contributed by atoms with van der Waals surface area (Å²) >= 11 is 0. The monoisotopic (exact) mass is 313 g/mol. The topological polar surface area (TPSA) is 65.1 Å². The molecule has 23 heavy (non-hydrogen) atoms. The fourth-order valence-electron chi connectivity index (χ4n) is 3.07. The van der Waals surface area contributed by atoms with E-state index in [2.05, 4.69) is 37.7 Å². The van der Waals surface area contributed by atoms with Crippen LogP contribution in [0.2, 0.25) is 0 Å². The molecule has 3 heterocycles. The van der Waals surface area contributed by atoms with Crippen molar-refractivity contribution in [3.05, 3.63) is 52.3 Å². The first kappa shape index (κ1) is 15.7. The van der Waals surface area contributed by atoms with Crippen LogP contribution in [-0.4, -0.2) is 46.0 Å². The van der Waals surface area contributed by atoms with Gasteiger partial charge >= 0.3 is 0 Å². The predicted octanol–water partition coefficient (Wildman–Crippen LogP) is 1.75. The second-order valence-corrected chi connectivity index (χ2v) is 6.01. The molecule has 2 aromatic rings. The second-order valence-electron chi connectivity index (χ2n) is 6.01. The molecule has 0 bridgehead atoms. The second kappa shape index (κ2) is 6.91. The van der Waals surface area contributed by atoms with Crippen LogP contribution in [0.1, 0.15) is 30.9 Å². The lowest BCUT2D eigenvalue weighted by atomic mass is 10.2. The van der Waals surface area contributed by atoms with Crippen molar-refractivity contribution in [3.8, 4) is 0 Å². The normalized spacial score (nSPS) is 17.7. The average Bonchev–Trinajstić information content (AvgIpc) is 2.80. The molecule has 6 nitrogen and oxygen atoms in total. The number of aromatic nitrogens is 3. The molecule has 1 N–H and O–H groups in total. The molecular weight excluding hydrogens is 290 g/mol. The summed E-state index contributed by atoms with van der Waals surface area (Å²) in [5, 5.41) is 0. The van der Waals surface area contributed by atoms with Crippen molar-refractivity contribution >= 4 is 5.82 Å². The Morgan fingerprint density at radius 1 is 1.22 bits per heavy atom. The van der Waals surface area contributed by atoms with Crippen LogP contribution in [0, 0.1) is 6.92 Å². The molecule has 0 saturated carbocycles. The van der Waals surface area contributed by atoms with E-state index in [1.165, 1.54) is 6.07 Å². The van der Waals surface area contributed by atoms with Crippen LogP contribution in [0.5, 0.6) is 0 Å². The van der Waals surface area contributed by atoms with Gasteiger partial charge in [0.15, 0.2) is 0 Å². The Labute approximate surface area is 136 Å². The van der Waals surface area contributed by atoms with Gasteiger partial charge in [-0.05, 0) is 32.4 Å². The van der Waals surface area contributed by atoms with Gasteiger partial charge in [-0.25, -0.2) is 9.97 Å². The molecule has 0 aromatic carbocycles. The highest BCUT2D eigenvalue weighted by Gasteiger charge is 2.22. The van der Waals surface area contributed by atoms with E-state index in [-0.39, 0.29) is 11.6 Å². The van der Waals surface area contributed by atoms with Crippen molar-refractivity contribution in [2.45, 2.75) is 26.3 Å². The number of hydrogen-bond donors (Lipinski definition) is 1. The maximum atomic E-state index is 11.7. The molecule has 6 heteroatoms. The summed E-state index contributed by atoms with van der Waals surface area (Å²) < 4.78 is 0. The number of anilines is 1. The summed E-state index contributed by atoms with van der Waals surface area (Å²) in [5.74, 6) is 1.78. The summed E-state index contributed by atoms with van der Waals surface area (Å²) in [6, 6.07) is 7.65. The van der Waals surface area contributed by atoms with E-state index in [0.717, 1.165) is 49.9 Å². The van der Waals surface area contributed by atoms with Gasteiger partial charge in [-0.3, -0.25) is 9.69 Å². The summed E-state index contributed by atoms with van der Waals surface area (Å²) in [5.41, 5.74) is 0.685. The predicted molar refractivity (Wildman–Crippen MR) is 90.6 cm³/mol. The van der Waals surface area contributed by atoms with Crippen LogP contribution in [0.25, 0.3) is 0 Å². The minimum atomic E-state index is -0.0794. The third-order valence-corrected chi connectivity index (χ3v) is 4.34. The molecule has 0 spiro atoms. The lowest BCUT2D eigenvalue weighted by Crippen LogP contribution is -2.34. The van der Waals surface area contributed by atoms with Crippen molar-refractivity contribution in [3.63, 3.8) is 0 Å². The van der Waals surface area contributed by atoms with Gasteiger partial charge < -0.3 is 9.88 Å². The SMILES string of the molecule is Cc1cc(=O)[nH]c([C@@H](C)N2CCCN(c3ccccn3)CC2)n1. The number of H-pyrrole nitrogens is 1. The molecule has 0 amide bonds. The fraction of sp³-hybridized carbons (Fsp3) is 0.471. The van der Waals surface area contributed by atoms with E-state index in [9.17, 15) is 4.79 Å². The molecule has 2 aromatic heterocycles. The Morgan fingerprint density at radius 3 is 2.83 bits per heavy atom. The molecule has 1 aliphatic rings. The van der Waals surface area contributed by atoms with E-state index in [1.807, 2.05) is 25.3 Å². The standard InChI is InChI=1S/C17H23N5O/c1-13-12-16(23)20-17(19-13)14(2)21-8-5-9-22(11-10-21)15-6-3-4-7-18-15/h3-4,6-7,12,14H,5,8-11H2,1-2H3,(H,19,20,23)/t14-/m1/s1. The van der Waals surface area contributed by atoms with Crippen molar-refractivity contribution < 1.29 is 0 Å². The maximum absolute atomic E-state index is 11.7. The Kier molecular flexibility index (Phi) is 4.71. The van der Waals surface area contributed by atoms with Gasteiger partial charge in [0.1, 0.15) is 11.6 Å². The molecule has 0 aliphatic carbocycles. The first-order valence-corrected chi connectivity index (χ1v) is 8.11. The molecule has 1 saturated heterocycles. The van der Waals surface area contributed by atoms with Crippen LogP contribution in [0.15, 0.2) is 35.3 Å². The number of nitrogens with zero attached hydrogens (tertiary/aromatic N) is 4. The molecule has 0 radical (unpaired) electrons.